The number of methoxy groups -OCH3 is 2. The van der Waals surface area contributed by atoms with Gasteiger partial charge >= 0.3 is 0 Å². The fraction of sp³-hybridized carbons (Fsp3) is 0.357. The largest absolute Gasteiger partial charge is 0.481 e. The number of aromatic nitrogens is 1. The summed E-state index contributed by atoms with van der Waals surface area (Å²) < 4.78 is 17.6. The standard InChI is InChI=1S/C25H22N2O4.C3H9N/c1-29-21-14-20-22(23(27-21)30-2)24(28)13-12-19(17-6-4-3-5-7-17)25(24,31-20)18-10-8-16(15-26)9-11-18;1-4(2)3/h3-11,14,19,28H,12-13H2,1-2H3;1-3H3. The van der Waals surface area contributed by atoms with Crippen LogP contribution in [0.2, 0.25) is 0 Å². The number of nitriles is 1. The average Bonchev–Trinajstić information content (AvgIpc) is 3.30. The molecular weight excluding hydrogens is 442 g/mol. The van der Waals surface area contributed by atoms with Crippen molar-refractivity contribution >= 4 is 0 Å². The molecule has 35 heavy (non-hydrogen) atoms. The number of rotatable bonds is 4. The molecule has 7 nitrogen and oxygen atoms in total. The number of aliphatic hydroxyl groups is 1. The van der Waals surface area contributed by atoms with Gasteiger partial charge in [0.15, 0.2) is 5.60 Å². The van der Waals surface area contributed by atoms with Crippen LogP contribution in [0.1, 0.15) is 41.0 Å². The van der Waals surface area contributed by atoms with Crippen LogP contribution in [0.15, 0.2) is 60.7 Å². The number of fused-ring (bicyclic) bond motifs is 3. The van der Waals surface area contributed by atoms with E-state index in [4.69, 9.17) is 14.2 Å². The maximum absolute atomic E-state index is 12.3. The van der Waals surface area contributed by atoms with Gasteiger partial charge in [0.05, 0.1) is 31.4 Å². The first-order chi connectivity index (χ1) is 16.8. The zero-order valence-corrected chi connectivity index (χ0v) is 20.8. The number of hydrogen-bond donors (Lipinski definition) is 1. The first kappa shape index (κ1) is 24.5. The lowest BCUT2D eigenvalue weighted by atomic mass is 9.72. The minimum atomic E-state index is -1.36. The van der Waals surface area contributed by atoms with Gasteiger partial charge in [-0.15, -0.1) is 0 Å². The Hall–Kier alpha value is -3.60. The van der Waals surface area contributed by atoms with E-state index in [9.17, 15) is 10.4 Å². The quantitative estimate of drug-likeness (QED) is 0.608. The topological polar surface area (TPSA) is 87.8 Å². The average molecular weight is 474 g/mol. The molecule has 0 spiro atoms. The Morgan fingerprint density at radius 1 is 1.06 bits per heavy atom. The van der Waals surface area contributed by atoms with Crippen molar-refractivity contribution in [2.45, 2.75) is 30.0 Å². The molecular formula is C28H31N3O4. The van der Waals surface area contributed by atoms with Gasteiger partial charge in [0, 0.05) is 12.0 Å². The van der Waals surface area contributed by atoms with Crippen molar-refractivity contribution in [2.24, 2.45) is 0 Å². The van der Waals surface area contributed by atoms with Crippen LogP contribution in [-0.4, -0.2) is 50.4 Å². The van der Waals surface area contributed by atoms with E-state index in [1.54, 1.807) is 18.2 Å². The highest BCUT2D eigenvalue weighted by molar-refractivity contribution is 5.58. The third-order valence-corrected chi connectivity index (χ3v) is 6.56. The van der Waals surface area contributed by atoms with Gasteiger partial charge in [-0.2, -0.15) is 10.2 Å². The monoisotopic (exact) mass is 473 g/mol. The van der Waals surface area contributed by atoms with Gasteiger partial charge in [-0.05, 0) is 57.2 Å². The Morgan fingerprint density at radius 3 is 2.29 bits per heavy atom. The second-order valence-corrected chi connectivity index (χ2v) is 9.28. The first-order valence-corrected chi connectivity index (χ1v) is 11.5. The zero-order chi connectivity index (χ0) is 25.2. The van der Waals surface area contributed by atoms with E-state index in [-0.39, 0.29) is 5.92 Å². The molecule has 1 aromatic heterocycles. The Bertz CT molecular complexity index is 1220. The van der Waals surface area contributed by atoms with Crippen molar-refractivity contribution in [1.29, 1.82) is 5.26 Å². The van der Waals surface area contributed by atoms with Crippen molar-refractivity contribution in [2.75, 3.05) is 35.4 Å². The summed E-state index contributed by atoms with van der Waals surface area (Å²) in [6.07, 6.45) is 1.19. The normalized spacial score (nSPS) is 23.9. The highest BCUT2D eigenvalue weighted by Gasteiger charge is 2.69. The Morgan fingerprint density at radius 2 is 1.71 bits per heavy atom. The molecule has 2 aliphatic rings. The third kappa shape index (κ3) is 3.99. The van der Waals surface area contributed by atoms with Crippen LogP contribution in [0.5, 0.6) is 17.5 Å². The van der Waals surface area contributed by atoms with Crippen molar-refractivity contribution < 1.29 is 19.3 Å². The molecule has 1 fully saturated rings. The molecule has 3 aromatic rings. The fourth-order valence-electron chi connectivity index (χ4n) is 5.24. The molecule has 2 heterocycles. The molecule has 5 rings (SSSR count). The molecule has 2 aromatic carbocycles. The van der Waals surface area contributed by atoms with Gasteiger partial charge in [-0.1, -0.05) is 42.5 Å². The Kier molecular flexibility index (Phi) is 6.70. The molecule has 3 atom stereocenters. The molecule has 0 radical (unpaired) electrons. The van der Waals surface area contributed by atoms with Crippen LogP contribution in [0, 0.1) is 11.3 Å². The molecule has 3 unspecified atom stereocenters. The van der Waals surface area contributed by atoms with Crippen molar-refractivity contribution in [1.82, 2.24) is 9.88 Å². The van der Waals surface area contributed by atoms with Crippen LogP contribution >= 0.6 is 0 Å². The predicted octanol–water partition coefficient (Wildman–Crippen LogP) is 4.20. The number of pyridine rings is 1. The van der Waals surface area contributed by atoms with Gasteiger partial charge < -0.3 is 24.2 Å². The van der Waals surface area contributed by atoms with Crippen molar-refractivity contribution in [3.8, 4) is 23.6 Å². The number of benzene rings is 2. The maximum Gasteiger partial charge on any atom is 0.226 e. The summed E-state index contributed by atoms with van der Waals surface area (Å²) in [6.45, 7) is 0. The lowest BCUT2D eigenvalue weighted by Gasteiger charge is -2.40. The smallest absolute Gasteiger partial charge is 0.226 e. The summed E-state index contributed by atoms with van der Waals surface area (Å²) >= 11 is 0. The van der Waals surface area contributed by atoms with E-state index in [1.165, 1.54) is 14.2 Å². The summed E-state index contributed by atoms with van der Waals surface area (Å²) in [6, 6.07) is 21.2. The van der Waals surface area contributed by atoms with E-state index in [2.05, 4.69) is 23.2 Å². The van der Waals surface area contributed by atoms with Gasteiger partial charge in [0.25, 0.3) is 0 Å². The lowest BCUT2D eigenvalue weighted by Crippen LogP contribution is -2.48. The van der Waals surface area contributed by atoms with Gasteiger partial charge in [-0.3, -0.25) is 0 Å². The van der Waals surface area contributed by atoms with E-state index in [0.717, 1.165) is 17.5 Å². The summed E-state index contributed by atoms with van der Waals surface area (Å²) in [4.78, 5) is 6.41. The second kappa shape index (κ2) is 9.57. The van der Waals surface area contributed by atoms with E-state index >= 15 is 0 Å². The van der Waals surface area contributed by atoms with Crippen LogP contribution < -0.4 is 14.2 Å². The molecule has 1 N–H and O–H groups in total. The zero-order valence-electron chi connectivity index (χ0n) is 20.8. The van der Waals surface area contributed by atoms with Crippen LogP contribution in [0.3, 0.4) is 0 Å². The highest BCUT2D eigenvalue weighted by Crippen LogP contribution is 2.68. The van der Waals surface area contributed by atoms with Crippen molar-refractivity contribution in [3.05, 3.63) is 82.9 Å². The van der Waals surface area contributed by atoms with Crippen LogP contribution in [0.4, 0.5) is 0 Å². The summed E-state index contributed by atoms with van der Waals surface area (Å²) in [5.74, 6) is 1.03. The molecule has 182 valence electrons. The van der Waals surface area contributed by atoms with E-state index < -0.39 is 11.2 Å². The highest BCUT2D eigenvalue weighted by atomic mass is 16.5. The minimum absolute atomic E-state index is 0.116. The molecule has 1 aliphatic heterocycles. The van der Waals surface area contributed by atoms with Gasteiger partial charge in [-0.25, -0.2) is 0 Å². The molecule has 1 aliphatic carbocycles. The van der Waals surface area contributed by atoms with Gasteiger partial charge in [0.2, 0.25) is 11.8 Å². The SMILES string of the molecule is CN(C)C.COc1cc2c(c(OC)n1)C1(O)CCC(c3ccccc3)C1(c1ccc(C#N)cc1)O2. The summed E-state index contributed by atoms with van der Waals surface area (Å²) in [5.41, 5.74) is 0.521. The van der Waals surface area contributed by atoms with Crippen molar-refractivity contribution in [3.63, 3.8) is 0 Å². The molecule has 7 heteroatoms. The molecule has 1 saturated carbocycles. The third-order valence-electron chi connectivity index (χ3n) is 6.56. The molecule has 0 saturated heterocycles. The maximum atomic E-state index is 12.3. The Balaban J connectivity index is 0.000000672. The number of hydrogen-bond acceptors (Lipinski definition) is 7. The second-order valence-electron chi connectivity index (χ2n) is 9.28. The minimum Gasteiger partial charge on any atom is -0.481 e. The van der Waals surface area contributed by atoms with Crippen LogP contribution in [0.25, 0.3) is 0 Å². The lowest BCUT2D eigenvalue weighted by molar-refractivity contribution is -0.106. The summed E-state index contributed by atoms with van der Waals surface area (Å²) in [5, 5.41) is 21.5. The molecule has 0 amide bonds. The first-order valence-electron chi connectivity index (χ1n) is 11.5. The number of nitrogens with zero attached hydrogens (tertiary/aromatic N) is 3. The fourth-order valence-corrected chi connectivity index (χ4v) is 5.24. The summed E-state index contributed by atoms with van der Waals surface area (Å²) in [7, 11) is 9.05. The predicted molar refractivity (Wildman–Crippen MR) is 133 cm³/mol. The van der Waals surface area contributed by atoms with E-state index in [1.807, 2.05) is 56.4 Å². The van der Waals surface area contributed by atoms with Gasteiger partial charge in [0.1, 0.15) is 11.4 Å². The number of ether oxygens (including phenoxy) is 3. The van der Waals surface area contributed by atoms with E-state index in [0.29, 0.717) is 35.1 Å². The molecule has 0 bridgehead atoms. The Labute approximate surface area is 206 Å². The van der Waals surface area contributed by atoms with Crippen LogP contribution in [-0.2, 0) is 11.2 Å².